The normalized spacial score (nSPS) is 14.3. The lowest BCUT2D eigenvalue weighted by Gasteiger charge is -2.29. The third kappa shape index (κ3) is 3.77. The Morgan fingerprint density at radius 1 is 0.963 bits per heavy atom. The van der Waals surface area contributed by atoms with Crippen LogP contribution in [0.25, 0.3) is 11.0 Å². The van der Waals surface area contributed by atoms with Gasteiger partial charge in [0.25, 0.3) is 5.91 Å². The number of carbonyl (C=O) groups excluding carboxylic acids is 1. The summed E-state index contributed by atoms with van der Waals surface area (Å²) in [6.45, 7) is 3.94. The molecule has 5 nitrogen and oxygen atoms in total. The molecular weight excluding hydrogens is 336 g/mol. The van der Waals surface area contributed by atoms with Crippen molar-refractivity contribution >= 4 is 28.4 Å². The molecule has 1 amide bonds. The number of fused-ring (bicyclic) bond motifs is 1. The van der Waals surface area contributed by atoms with Crippen LogP contribution in [0.15, 0.2) is 48.5 Å². The summed E-state index contributed by atoms with van der Waals surface area (Å²) >= 11 is 0. The van der Waals surface area contributed by atoms with Crippen molar-refractivity contribution in [1.82, 2.24) is 9.97 Å². The van der Waals surface area contributed by atoms with E-state index in [1.165, 1.54) is 12.0 Å². The SMILES string of the molecule is CCc1ccc(NC(=O)c2nc3ccccc3nc2N2CCCCC2)cc1. The van der Waals surface area contributed by atoms with Crippen molar-refractivity contribution in [3.05, 3.63) is 59.8 Å². The van der Waals surface area contributed by atoms with Crippen molar-refractivity contribution in [1.29, 1.82) is 0 Å². The van der Waals surface area contributed by atoms with Crippen molar-refractivity contribution < 1.29 is 4.79 Å². The predicted octanol–water partition coefficient (Wildman–Crippen LogP) is 4.43. The lowest BCUT2D eigenvalue weighted by atomic mass is 10.1. The maximum Gasteiger partial charge on any atom is 0.278 e. The average molecular weight is 360 g/mol. The molecule has 4 rings (SSSR count). The number of nitrogens with zero attached hydrogens (tertiary/aromatic N) is 3. The molecular formula is C22H24N4O. The van der Waals surface area contributed by atoms with Crippen LogP contribution in [-0.2, 0) is 6.42 Å². The highest BCUT2D eigenvalue weighted by Crippen LogP contribution is 2.25. The number of para-hydroxylation sites is 2. The number of aryl methyl sites for hydroxylation is 1. The molecule has 1 fully saturated rings. The molecule has 1 aromatic heterocycles. The fourth-order valence-corrected chi connectivity index (χ4v) is 3.48. The van der Waals surface area contributed by atoms with Crippen LogP contribution in [0.5, 0.6) is 0 Å². The zero-order valence-electron chi connectivity index (χ0n) is 15.6. The molecule has 3 aromatic rings. The van der Waals surface area contributed by atoms with Gasteiger partial charge in [0.2, 0.25) is 0 Å². The van der Waals surface area contributed by atoms with Gasteiger partial charge in [-0.15, -0.1) is 0 Å². The Kier molecular flexibility index (Phi) is 5.01. The van der Waals surface area contributed by atoms with E-state index in [1.54, 1.807) is 0 Å². The first-order chi connectivity index (χ1) is 13.2. The molecule has 0 atom stereocenters. The lowest BCUT2D eigenvalue weighted by Crippen LogP contribution is -2.33. The van der Waals surface area contributed by atoms with Crippen LogP contribution in [0.2, 0.25) is 0 Å². The van der Waals surface area contributed by atoms with E-state index in [0.29, 0.717) is 11.5 Å². The van der Waals surface area contributed by atoms with E-state index in [1.807, 2.05) is 48.5 Å². The monoisotopic (exact) mass is 360 g/mol. The molecule has 0 saturated carbocycles. The first-order valence-corrected chi connectivity index (χ1v) is 9.66. The second-order valence-electron chi connectivity index (χ2n) is 6.94. The van der Waals surface area contributed by atoms with Gasteiger partial charge in [0.15, 0.2) is 11.5 Å². The zero-order chi connectivity index (χ0) is 18.6. The minimum atomic E-state index is -0.210. The molecule has 1 saturated heterocycles. The predicted molar refractivity (Wildman–Crippen MR) is 109 cm³/mol. The molecule has 1 N–H and O–H groups in total. The summed E-state index contributed by atoms with van der Waals surface area (Å²) in [5.41, 5.74) is 3.98. The molecule has 1 aliphatic heterocycles. The van der Waals surface area contributed by atoms with Crippen LogP contribution in [0.1, 0.15) is 42.2 Å². The van der Waals surface area contributed by atoms with Crippen molar-refractivity contribution in [2.75, 3.05) is 23.3 Å². The van der Waals surface area contributed by atoms with E-state index >= 15 is 0 Å². The molecule has 5 heteroatoms. The molecule has 0 unspecified atom stereocenters. The van der Waals surface area contributed by atoms with E-state index in [2.05, 4.69) is 22.1 Å². The summed E-state index contributed by atoms with van der Waals surface area (Å²) in [4.78, 5) is 24.7. The first kappa shape index (κ1) is 17.5. The second-order valence-corrected chi connectivity index (χ2v) is 6.94. The van der Waals surface area contributed by atoms with Crippen molar-refractivity contribution in [2.24, 2.45) is 0 Å². The standard InChI is InChI=1S/C22H24N4O/c1-2-16-10-12-17(13-11-16)23-22(27)20-21(26-14-6-3-7-15-26)25-19-9-5-4-8-18(19)24-20/h4-5,8-13H,2-3,6-7,14-15H2,1H3,(H,23,27). The molecule has 138 valence electrons. The number of hydrogen-bond acceptors (Lipinski definition) is 4. The van der Waals surface area contributed by atoms with Crippen molar-refractivity contribution in [3.8, 4) is 0 Å². The van der Waals surface area contributed by atoms with Gasteiger partial charge in [-0.25, -0.2) is 9.97 Å². The number of anilines is 2. The topological polar surface area (TPSA) is 58.1 Å². The number of carbonyl (C=O) groups is 1. The fourth-order valence-electron chi connectivity index (χ4n) is 3.48. The maximum absolute atomic E-state index is 13.0. The van der Waals surface area contributed by atoms with E-state index in [0.717, 1.165) is 49.1 Å². The lowest BCUT2D eigenvalue weighted by molar-refractivity contribution is 0.102. The molecule has 0 aliphatic carbocycles. The Morgan fingerprint density at radius 3 is 2.30 bits per heavy atom. The van der Waals surface area contributed by atoms with E-state index in [9.17, 15) is 4.79 Å². The summed E-state index contributed by atoms with van der Waals surface area (Å²) in [6.07, 6.45) is 4.44. The van der Waals surface area contributed by atoms with Gasteiger partial charge < -0.3 is 10.2 Å². The van der Waals surface area contributed by atoms with Crippen LogP contribution in [0, 0.1) is 0 Å². The fraction of sp³-hybridized carbons (Fsp3) is 0.318. The Balaban J connectivity index is 1.69. The Bertz CT molecular complexity index is 946. The largest absolute Gasteiger partial charge is 0.355 e. The number of aromatic nitrogens is 2. The van der Waals surface area contributed by atoms with Gasteiger partial charge in [-0.3, -0.25) is 4.79 Å². The van der Waals surface area contributed by atoms with E-state index < -0.39 is 0 Å². The third-order valence-corrected chi connectivity index (χ3v) is 5.04. The number of amides is 1. The van der Waals surface area contributed by atoms with Gasteiger partial charge in [-0.05, 0) is 55.5 Å². The Labute approximate surface area is 159 Å². The number of rotatable bonds is 4. The molecule has 27 heavy (non-hydrogen) atoms. The number of hydrogen-bond donors (Lipinski definition) is 1. The average Bonchev–Trinajstić information content (AvgIpc) is 2.74. The van der Waals surface area contributed by atoms with Crippen LogP contribution in [0.3, 0.4) is 0 Å². The molecule has 0 radical (unpaired) electrons. The van der Waals surface area contributed by atoms with Gasteiger partial charge in [0, 0.05) is 18.8 Å². The number of nitrogens with one attached hydrogen (secondary N) is 1. The first-order valence-electron chi connectivity index (χ1n) is 9.66. The van der Waals surface area contributed by atoms with E-state index in [-0.39, 0.29) is 5.91 Å². The van der Waals surface area contributed by atoms with Gasteiger partial charge in [0.05, 0.1) is 11.0 Å². The molecule has 0 bridgehead atoms. The molecule has 1 aliphatic rings. The van der Waals surface area contributed by atoms with Gasteiger partial charge >= 0.3 is 0 Å². The zero-order valence-corrected chi connectivity index (χ0v) is 15.6. The van der Waals surface area contributed by atoms with Crippen LogP contribution >= 0.6 is 0 Å². The summed E-state index contributed by atoms with van der Waals surface area (Å²) in [5, 5.41) is 2.99. The van der Waals surface area contributed by atoms with Crippen LogP contribution < -0.4 is 10.2 Å². The highest BCUT2D eigenvalue weighted by molar-refractivity contribution is 6.07. The second kappa shape index (κ2) is 7.74. The summed E-state index contributed by atoms with van der Waals surface area (Å²) in [7, 11) is 0. The number of benzene rings is 2. The van der Waals surface area contributed by atoms with Gasteiger partial charge in [0.1, 0.15) is 0 Å². The van der Waals surface area contributed by atoms with Crippen LogP contribution in [0.4, 0.5) is 11.5 Å². The third-order valence-electron chi connectivity index (χ3n) is 5.04. The summed E-state index contributed by atoms with van der Waals surface area (Å²) in [6, 6.07) is 15.7. The Morgan fingerprint density at radius 2 is 1.63 bits per heavy atom. The smallest absolute Gasteiger partial charge is 0.278 e. The van der Waals surface area contributed by atoms with Gasteiger partial charge in [-0.1, -0.05) is 31.2 Å². The quantitative estimate of drug-likeness (QED) is 0.747. The van der Waals surface area contributed by atoms with Crippen molar-refractivity contribution in [3.63, 3.8) is 0 Å². The molecule has 2 heterocycles. The highest BCUT2D eigenvalue weighted by Gasteiger charge is 2.22. The highest BCUT2D eigenvalue weighted by atomic mass is 16.1. The van der Waals surface area contributed by atoms with Crippen LogP contribution in [-0.4, -0.2) is 29.0 Å². The summed E-state index contributed by atoms with van der Waals surface area (Å²) in [5.74, 6) is 0.481. The maximum atomic E-state index is 13.0. The molecule has 0 spiro atoms. The minimum Gasteiger partial charge on any atom is -0.355 e. The summed E-state index contributed by atoms with van der Waals surface area (Å²) < 4.78 is 0. The minimum absolute atomic E-state index is 0.210. The number of piperidine rings is 1. The van der Waals surface area contributed by atoms with Crippen molar-refractivity contribution in [2.45, 2.75) is 32.6 Å². The van der Waals surface area contributed by atoms with Gasteiger partial charge in [-0.2, -0.15) is 0 Å². The molecule has 2 aromatic carbocycles. The van der Waals surface area contributed by atoms with E-state index in [4.69, 9.17) is 4.98 Å². The Hall–Kier alpha value is -2.95.